The molecule has 0 spiro atoms. The third-order valence-corrected chi connectivity index (χ3v) is 2.81. The molecule has 6 heteroatoms. The predicted octanol–water partition coefficient (Wildman–Crippen LogP) is 1.60. The minimum absolute atomic E-state index is 0.0865. The number of rotatable bonds is 3. The highest BCUT2D eigenvalue weighted by molar-refractivity contribution is 5.93. The molecule has 2 N–H and O–H groups in total. The van der Waals surface area contributed by atoms with Gasteiger partial charge in [0.05, 0.1) is 11.1 Å². The molecule has 16 heavy (non-hydrogen) atoms. The lowest BCUT2D eigenvalue weighted by molar-refractivity contribution is -0.384. The molecule has 1 aliphatic rings. The van der Waals surface area contributed by atoms with Gasteiger partial charge in [-0.3, -0.25) is 14.9 Å². The topological polar surface area (TPSA) is 88.0 Å². The molecule has 1 aliphatic carbocycles. The van der Waals surface area contributed by atoms with E-state index in [2.05, 4.69) is 10.3 Å². The van der Waals surface area contributed by atoms with Crippen LogP contribution >= 0.6 is 0 Å². The molecule has 1 amide bonds. The first kappa shape index (κ1) is 10.7. The monoisotopic (exact) mass is 223 g/mol. The number of nitrogens with zero attached hydrogens (tertiary/aromatic N) is 1. The fourth-order valence-corrected chi connectivity index (χ4v) is 1.95. The fourth-order valence-electron chi connectivity index (χ4n) is 1.95. The Bertz CT molecular complexity index is 407. The minimum atomic E-state index is -0.525. The molecule has 86 valence electrons. The van der Waals surface area contributed by atoms with Gasteiger partial charge >= 0.3 is 0 Å². The summed E-state index contributed by atoms with van der Waals surface area (Å²) in [5, 5.41) is 13.3. The second-order valence-electron chi connectivity index (χ2n) is 3.98. The van der Waals surface area contributed by atoms with Gasteiger partial charge < -0.3 is 10.3 Å². The highest BCUT2D eigenvalue weighted by Gasteiger charge is 2.20. The van der Waals surface area contributed by atoms with Crippen LogP contribution in [0.5, 0.6) is 0 Å². The summed E-state index contributed by atoms with van der Waals surface area (Å²) in [4.78, 5) is 24.2. The van der Waals surface area contributed by atoms with E-state index in [0.717, 1.165) is 25.7 Å². The SMILES string of the molecule is O=C(NC1CCCC1)c1cc([N+](=O)[O-])c[nH]1. The quantitative estimate of drug-likeness (QED) is 0.602. The van der Waals surface area contributed by atoms with Crippen molar-refractivity contribution in [2.45, 2.75) is 31.7 Å². The summed E-state index contributed by atoms with van der Waals surface area (Å²) in [5.41, 5.74) is 0.162. The molecule has 0 unspecified atom stereocenters. The number of amides is 1. The maximum Gasteiger partial charge on any atom is 0.287 e. The summed E-state index contributed by atoms with van der Waals surface area (Å²) in [5.74, 6) is -0.264. The normalized spacial score (nSPS) is 16.2. The molecule has 1 saturated carbocycles. The lowest BCUT2D eigenvalue weighted by atomic mass is 10.2. The fraction of sp³-hybridized carbons (Fsp3) is 0.500. The Morgan fingerprint density at radius 3 is 2.75 bits per heavy atom. The van der Waals surface area contributed by atoms with E-state index in [1.807, 2.05) is 0 Å². The summed E-state index contributed by atoms with van der Waals surface area (Å²) in [7, 11) is 0. The zero-order valence-electron chi connectivity index (χ0n) is 8.73. The van der Waals surface area contributed by atoms with Crippen molar-refractivity contribution in [3.8, 4) is 0 Å². The zero-order valence-corrected chi connectivity index (χ0v) is 8.73. The molecule has 0 aliphatic heterocycles. The summed E-state index contributed by atoms with van der Waals surface area (Å²) in [6.45, 7) is 0. The average Bonchev–Trinajstić information content (AvgIpc) is 2.86. The average molecular weight is 223 g/mol. The van der Waals surface area contributed by atoms with E-state index in [9.17, 15) is 14.9 Å². The summed E-state index contributed by atoms with van der Waals surface area (Å²) in [6.07, 6.45) is 5.48. The summed E-state index contributed by atoms with van der Waals surface area (Å²) < 4.78 is 0. The van der Waals surface area contributed by atoms with E-state index < -0.39 is 4.92 Å². The van der Waals surface area contributed by atoms with Crippen LogP contribution in [0.3, 0.4) is 0 Å². The lowest BCUT2D eigenvalue weighted by Crippen LogP contribution is -2.32. The second-order valence-corrected chi connectivity index (χ2v) is 3.98. The largest absolute Gasteiger partial charge is 0.351 e. The van der Waals surface area contributed by atoms with Gasteiger partial charge in [0.25, 0.3) is 11.6 Å². The lowest BCUT2D eigenvalue weighted by Gasteiger charge is -2.10. The Morgan fingerprint density at radius 2 is 2.19 bits per heavy atom. The zero-order chi connectivity index (χ0) is 11.5. The van der Waals surface area contributed by atoms with Crippen LogP contribution in [0.25, 0.3) is 0 Å². The van der Waals surface area contributed by atoms with Gasteiger partial charge in [-0.05, 0) is 12.8 Å². The Labute approximate surface area is 92.2 Å². The first-order chi connectivity index (χ1) is 7.66. The molecule has 0 atom stereocenters. The molecule has 1 aromatic rings. The van der Waals surface area contributed by atoms with Crippen LogP contribution < -0.4 is 5.32 Å². The number of carbonyl (C=O) groups is 1. The molecular weight excluding hydrogens is 210 g/mol. The van der Waals surface area contributed by atoms with Crippen LogP contribution in [0, 0.1) is 10.1 Å². The molecule has 0 aromatic carbocycles. The Kier molecular flexibility index (Phi) is 2.89. The van der Waals surface area contributed by atoms with Crippen LogP contribution in [-0.4, -0.2) is 21.9 Å². The van der Waals surface area contributed by atoms with Crippen LogP contribution in [0.15, 0.2) is 12.3 Å². The number of aromatic nitrogens is 1. The maximum absolute atomic E-state index is 11.7. The molecule has 1 aromatic heterocycles. The minimum Gasteiger partial charge on any atom is -0.351 e. The Morgan fingerprint density at radius 1 is 1.50 bits per heavy atom. The van der Waals surface area contributed by atoms with Crippen LogP contribution in [0.2, 0.25) is 0 Å². The Balaban J connectivity index is 1.99. The van der Waals surface area contributed by atoms with Gasteiger partial charge in [-0.2, -0.15) is 0 Å². The van der Waals surface area contributed by atoms with Crippen LogP contribution in [0.4, 0.5) is 5.69 Å². The van der Waals surface area contributed by atoms with Gasteiger partial charge in [0.1, 0.15) is 5.69 Å². The number of hydrogen-bond acceptors (Lipinski definition) is 3. The third kappa shape index (κ3) is 2.21. The van der Waals surface area contributed by atoms with Gasteiger partial charge in [0.15, 0.2) is 0 Å². The molecule has 0 radical (unpaired) electrons. The van der Waals surface area contributed by atoms with E-state index >= 15 is 0 Å². The Hall–Kier alpha value is -1.85. The maximum atomic E-state index is 11.7. The van der Waals surface area contributed by atoms with Gasteiger partial charge in [0.2, 0.25) is 0 Å². The first-order valence-corrected chi connectivity index (χ1v) is 5.30. The number of nitrogens with one attached hydrogen (secondary N) is 2. The van der Waals surface area contributed by atoms with E-state index in [1.165, 1.54) is 12.3 Å². The van der Waals surface area contributed by atoms with Crippen molar-refractivity contribution in [2.24, 2.45) is 0 Å². The van der Waals surface area contributed by atoms with Crippen molar-refractivity contribution < 1.29 is 9.72 Å². The molecule has 6 nitrogen and oxygen atoms in total. The molecule has 2 rings (SSSR count). The van der Waals surface area contributed by atoms with Crippen molar-refractivity contribution in [3.05, 3.63) is 28.1 Å². The second kappa shape index (κ2) is 4.34. The van der Waals surface area contributed by atoms with Gasteiger partial charge in [-0.25, -0.2) is 0 Å². The summed E-state index contributed by atoms with van der Waals surface area (Å²) >= 11 is 0. The van der Waals surface area contributed by atoms with E-state index in [-0.39, 0.29) is 23.3 Å². The van der Waals surface area contributed by atoms with E-state index in [1.54, 1.807) is 0 Å². The summed E-state index contributed by atoms with van der Waals surface area (Å²) in [6, 6.07) is 1.47. The highest BCUT2D eigenvalue weighted by atomic mass is 16.6. The van der Waals surface area contributed by atoms with E-state index in [4.69, 9.17) is 0 Å². The van der Waals surface area contributed by atoms with Gasteiger partial charge in [-0.1, -0.05) is 12.8 Å². The van der Waals surface area contributed by atoms with Crippen LogP contribution in [-0.2, 0) is 0 Å². The van der Waals surface area contributed by atoms with Crippen molar-refractivity contribution in [1.29, 1.82) is 0 Å². The predicted molar refractivity (Wildman–Crippen MR) is 57.2 cm³/mol. The highest BCUT2D eigenvalue weighted by Crippen LogP contribution is 2.18. The molecule has 0 saturated heterocycles. The molecule has 1 heterocycles. The van der Waals surface area contributed by atoms with Gasteiger partial charge in [-0.15, -0.1) is 0 Å². The molecule has 1 fully saturated rings. The van der Waals surface area contributed by atoms with E-state index in [0.29, 0.717) is 0 Å². The number of aromatic amines is 1. The van der Waals surface area contributed by atoms with Crippen molar-refractivity contribution >= 4 is 11.6 Å². The van der Waals surface area contributed by atoms with Crippen molar-refractivity contribution in [1.82, 2.24) is 10.3 Å². The number of carbonyl (C=O) groups excluding carboxylic acids is 1. The van der Waals surface area contributed by atoms with Crippen molar-refractivity contribution in [2.75, 3.05) is 0 Å². The van der Waals surface area contributed by atoms with Crippen molar-refractivity contribution in [3.63, 3.8) is 0 Å². The van der Waals surface area contributed by atoms with Crippen LogP contribution in [0.1, 0.15) is 36.2 Å². The third-order valence-electron chi connectivity index (χ3n) is 2.81. The smallest absolute Gasteiger partial charge is 0.287 e. The van der Waals surface area contributed by atoms with Gasteiger partial charge in [0, 0.05) is 12.1 Å². The number of hydrogen-bond donors (Lipinski definition) is 2. The standard InChI is InChI=1S/C10H13N3O3/c14-10(12-7-3-1-2-4-7)9-5-8(6-11-9)13(15)16/h5-7,11H,1-4H2,(H,12,14). The number of nitro groups is 1. The number of H-pyrrole nitrogens is 1. The molecular formula is C10H13N3O3. The molecule has 0 bridgehead atoms. The first-order valence-electron chi connectivity index (χ1n) is 5.30.